The van der Waals surface area contributed by atoms with E-state index < -0.39 is 10.0 Å². The molecule has 3 rings (SSSR count). The number of aryl methyl sites for hydroxylation is 1. The molecule has 2 aromatic rings. The summed E-state index contributed by atoms with van der Waals surface area (Å²) < 4.78 is 27.9. The summed E-state index contributed by atoms with van der Waals surface area (Å²) in [5.41, 5.74) is 7.52. The predicted molar refractivity (Wildman–Crippen MR) is 90.5 cm³/mol. The van der Waals surface area contributed by atoms with Gasteiger partial charge in [-0.1, -0.05) is 6.92 Å². The van der Waals surface area contributed by atoms with Crippen LogP contribution in [0.3, 0.4) is 0 Å². The summed E-state index contributed by atoms with van der Waals surface area (Å²) in [5.74, 6) is 0.804. The molecule has 0 spiro atoms. The molecule has 0 radical (unpaired) electrons. The van der Waals surface area contributed by atoms with Gasteiger partial charge in [0.15, 0.2) is 11.5 Å². The molecule has 0 saturated carbocycles. The van der Waals surface area contributed by atoms with Crippen LogP contribution >= 0.6 is 0 Å². The van der Waals surface area contributed by atoms with E-state index in [2.05, 4.69) is 10.1 Å². The third kappa shape index (κ3) is 3.05. The van der Waals surface area contributed by atoms with Crippen molar-refractivity contribution in [1.29, 1.82) is 0 Å². The van der Waals surface area contributed by atoms with Gasteiger partial charge < -0.3 is 5.73 Å². The Labute approximate surface area is 136 Å². The molecule has 23 heavy (non-hydrogen) atoms. The maximum absolute atomic E-state index is 12.3. The van der Waals surface area contributed by atoms with Crippen LogP contribution in [-0.4, -0.2) is 46.3 Å². The first-order chi connectivity index (χ1) is 10.9. The van der Waals surface area contributed by atoms with E-state index in [4.69, 9.17) is 5.73 Å². The third-order valence-electron chi connectivity index (χ3n) is 4.39. The van der Waals surface area contributed by atoms with Crippen LogP contribution in [0.4, 0.5) is 5.82 Å². The number of rotatable bonds is 4. The van der Waals surface area contributed by atoms with Crippen LogP contribution in [0.25, 0.3) is 11.0 Å². The zero-order chi connectivity index (χ0) is 16.6. The largest absolute Gasteiger partial charge is 0.382 e. The molecule has 0 bridgehead atoms. The number of aromatic nitrogens is 3. The van der Waals surface area contributed by atoms with Crippen molar-refractivity contribution in [3.05, 3.63) is 17.8 Å². The standard InChI is InChI=1S/C15H23N5O2S/c1-3-9-23(21,22)20-8-4-5-11(10-20)13-7-6-12-14(16)18-19(2)15(12)17-13/h6-7,11H,3-5,8-10H2,1-2H3,(H2,16,18)/t11-/m1/s1. The lowest BCUT2D eigenvalue weighted by Crippen LogP contribution is -2.40. The monoisotopic (exact) mass is 337 g/mol. The number of hydrogen-bond donors (Lipinski definition) is 1. The average molecular weight is 337 g/mol. The van der Waals surface area contributed by atoms with Crippen molar-refractivity contribution < 1.29 is 8.42 Å². The molecule has 1 aliphatic heterocycles. The molecule has 1 fully saturated rings. The molecule has 2 aromatic heterocycles. The van der Waals surface area contributed by atoms with Crippen molar-refractivity contribution in [2.24, 2.45) is 7.05 Å². The van der Waals surface area contributed by atoms with Gasteiger partial charge in [-0.3, -0.25) is 0 Å². The minimum Gasteiger partial charge on any atom is -0.382 e. The van der Waals surface area contributed by atoms with E-state index in [0.29, 0.717) is 25.3 Å². The van der Waals surface area contributed by atoms with Gasteiger partial charge in [0.25, 0.3) is 0 Å². The van der Waals surface area contributed by atoms with Crippen LogP contribution in [0.15, 0.2) is 12.1 Å². The Morgan fingerprint density at radius 2 is 2.17 bits per heavy atom. The second kappa shape index (κ2) is 6.09. The quantitative estimate of drug-likeness (QED) is 0.912. The Balaban J connectivity index is 1.88. The van der Waals surface area contributed by atoms with Gasteiger partial charge in [-0.15, -0.1) is 0 Å². The summed E-state index contributed by atoms with van der Waals surface area (Å²) >= 11 is 0. The van der Waals surface area contributed by atoms with Gasteiger partial charge in [0.1, 0.15) is 0 Å². The van der Waals surface area contributed by atoms with Crippen molar-refractivity contribution in [2.45, 2.75) is 32.1 Å². The molecule has 7 nitrogen and oxygen atoms in total. The van der Waals surface area contributed by atoms with Gasteiger partial charge in [0.05, 0.1) is 11.1 Å². The van der Waals surface area contributed by atoms with Crippen molar-refractivity contribution in [1.82, 2.24) is 19.1 Å². The van der Waals surface area contributed by atoms with Crippen LogP contribution < -0.4 is 5.73 Å². The lowest BCUT2D eigenvalue weighted by atomic mass is 9.95. The van der Waals surface area contributed by atoms with Gasteiger partial charge >= 0.3 is 0 Å². The number of nitrogen functional groups attached to an aromatic ring is 1. The highest BCUT2D eigenvalue weighted by molar-refractivity contribution is 7.89. The molecule has 1 aliphatic rings. The van der Waals surface area contributed by atoms with Crippen molar-refractivity contribution in [2.75, 3.05) is 24.6 Å². The Hall–Kier alpha value is -1.67. The number of sulfonamides is 1. The molecule has 0 amide bonds. The molecule has 3 heterocycles. The molecular formula is C15H23N5O2S. The van der Waals surface area contributed by atoms with E-state index in [9.17, 15) is 8.42 Å². The topological polar surface area (TPSA) is 94.1 Å². The molecule has 1 atom stereocenters. The van der Waals surface area contributed by atoms with Gasteiger partial charge in [-0.05, 0) is 31.4 Å². The number of hydrogen-bond acceptors (Lipinski definition) is 5. The van der Waals surface area contributed by atoms with Gasteiger partial charge in [-0.25, -0.2) is 22.4 Å². The number of nitrogens with zero attached hydrogens (tertiary/aromatic N) is 4. The molecule has 0 aliphatic carbocycles. The normalized spacial score (nSPS) is 20.2. The first-order valence-electron chi connectivity index (χ1n) is 7.99. The van der Waals surface area contributed by atoms with Crippen molar-refractivity contribution in [3.8, 4) is 0 Å². The molecule has 126 valence electrons. The van der Waals surface area contributed by atoms with E-state index in [1.807, 2.05) is 26.1 Å². The predicted octanol–water partition coefficient (Wildman–Crippen LogP) is 1.47. The Kier molecular flexibility index (Phi) is 4.29. The zero-order valence-electron chi connectivity index (χ0n) is 13.6. The SMILES string of the molecule is CCCS(=O)(=O)N1CCC[C@@H](c2ccc3c(N)nn(C)c3n2)C1. The molecular weight excluding hydrogens is 314 g/mol. The van der Waals surface area contributed by atoms with E-state index in [1.54, 1.807) is 8.99 Å². The first kappa shape index (κ1) is 16.2. The highest BCUT2D eigenvalue weighted by Crippen LogP contribution is 2.29. The lowest BCUT2D eigenvalue weighted by Gasteiger charge is -2.31. The van der Waals surface area contributed by atoms with E-state index in [1.165, 1.54) is 0 Å². The van der Waals surface area contributed by atoms with Crippen LogP contribution in [0.2, 0.25) is 0 Å². The third-order valence-corrected chi connectivity index (χ3v) is 6.44. The molecule has 2 N–H and O–H groups in total. The fourth-order valence-electron chi connectivity index (χ4n) is 3.22. The summed E-state index contributed by atoms with van der Waals surface area (Å²) in [5, 5.41) is 5.02. The lowest BCUT2D eigenvalue weighted by molar-refractivity contribution is 0.313. The highest BCUT2D eigenvalue weighted by atomic mass is 32.2. The fourth-order valence-corrected chi connectivity index (χ4v) is 4.81. The van der Waals surface area contributed by atoms with Crippen LogP contribution in [-0.2, 0) is 17.1 Å². The minimum atomic E-state index is -3.15. The fraction of sp³-hybridized carbons (Fsp3) is 0.600. The zero-order valence-corrected chi connectivity index (χ0v) is 14.4. The molecule has 8 heteroatoms. The van der Waals surface area contributed by atoms with E-state index >= 15 is 0 Å². The van der Waals surface area contributed by atoms with Crippen LogP contribution in [0, 0.1) is 0 Å². The Morgan fingerprint density at radius 1 is 1.39 bits per heavy atom. The first-order valence-corrected chi connectivity index (χ1v) is 9.60. The summed E-state index contributed by atoms with van der Waals surface area (Å²) in [6.07, 6.45) is 2.45. The Bertz CT molecular complexity index is 815. The van der Waals surface area contributed by atoms with Crippen LogP contribution in [0.5, 0.6) is 0 Å². The number of fused-ring (bicyclic) bond motifs is 1. The summed E-state index contributed by atoms with van der Waals surface area (Å²) in [7, 11) is -1.34. The van der Waals surface area contributed by atoms with Crippen LogP contribution in [0.1, 0.15) is 37.8 Å². The maximum atomic E-state index is 12.3. The van der Waals surface area contributed by atoms with E-state index in [0.717, 1.165) is 29.6 Å². The van der Waals surface area contributed by atoms with Crippen molar-refractivity contribution >= 4 is 26.9 Å². The minimum absolute atomic E-state index is 0.121. The van der Waals surface area contributed by atoms with Gasteiger partial charge in [-0.2, -0.15) is 5.10 Å². The highest BCUT2D eigenvalue weighted by Gasteiger charge is 2.29. The molecule has 0 unspecified atom stereocenters. The summed E-state index contributed by atoms with van der Waals surface area (Å²) in [4.78, 5) is 4.68. The number of anilines is 1. The van der Waals surface area contributed by atoms with E-state index in [-0.39, 0.29) is 11.7 Å². The Morgan fingerprint density at radius 3 is 2.91 bits per heavy atom. The van der Waals surface area contributed by atoms with Crippen molar-refractivity contribution in [3.63, 3.8) is 0 Å². The number of piperidine rings is 1. The molecule has 0 aromatic carbocycles. The summed E-state index contributed by atoms with van der Waals surface area (Å²) in [6.45, 7) is 3.01. The molecule has 1 saturated heterocycles. The number of nitrogens with two attached hydrogens (primary N) is 1. The maximum Gasteiger partial charge on any atom is 0.214 e. The average Bonchev–Trinajstić information content (AvgIpc) is 2.82. The smallest absolute Gasteiger partial charge is 0.214 e. The second-order valence-corrected chi connectivity index (χ2v) is 8.22. The van der Waals surface area contributed by atoms with Gasteiger partial charge in [0, 0.05) is 31.7 Å². The summed E-state index contributed by atoms with van der Waals surface area (Å²) in [6, 6.07) is 3.88. The van der Waals surface area contributed by atoms with Gasteiger partial charge in [0.2, 0.25) is 10.0 Å². The number of pyridine rings is 1. The second-order valence-electron chi connectivity index (χ2n) is 6.13.